The second-order valence-corrected chi connectivity index (χ2v) is 5.92. The number of hydrogen-bond acceptors (Lipinski definition) is 4. The van der Waals surface area contributed by atoms with Crippen LogP contribution in [0.2, 0.25) is 5.02 Å². The normalized spacial score (nSPS) is 11.8. The average molecular weight is 280 g/mol. The van der Waals surface area contributed by atoms with Gasteiger partial charge in [-0.1, -0.05) is 23.7 Å². The fourth-order valence-electron chi connectivity index (χ4n) is 1.73. The van der Waals surface area contributed by atoms with Crippen molar-refractivity contribution in [2.24, 2.45) is 0 Å². The first-order chi connectivity index (χ1) is 8.88. The Kier molecular flexibility index (Phi) is 3.87. The van der Waals surface area contributed by atoms with E-state index in [0.29, 0.717) is 11.6 Å². The van der Waals surface area contributed by atoms with Crippen molar-refractivity contribution in [3.63, 3.8) is 0 Å². The molecule has 0 radical (unpaired) electrons. The number of hydrogen-bond donors (Lipinski definition) is 1. The van der Waals surface area contributed by atoms with Gasteiger partial charge in [-0.2, -0.15) is 4.68 Å². The highest BCUT2D eigenvalue weighted by Crippen LogP contribution is 2.23. The number of nitrogens with zero attached hydrogens (tertiary/aromatic N) is 4. The van der Waals surface area contributed by atoms with Gasteiger partial charge in [0.25, 0.3) is 0 Å². The summed E-state index contributed by atoms with van der Waals surface area (Å²) in [7, 11) is 0. The third kappa shape index (κ3) is 3.30. The van der Waals surface area contributed by atoms with Crippen molar-refractivity contribution < 1.29 is 0 Å². The van der Waals surface area contributed by atoms with Crippen LogP contribution in [0.1, 0.15) is 32.2 Å². The van der Waals surface area contributed by atoms with Crippen molar-refractivity contribution in [3.8, 4) is 5.69 Å². The number of para-hydroxylation sites is 1. The Morgan fingerprint density at radius 1 is 1.32 bits per heavy atom. The number of halogens is 1. The highest BCUT2D eigenvalue weighted by molar-refractivity contribution is 6.32. The summed E-state index contributed by atoms with van der Waals surface area (Å²) < 4.78 is 1.69. The highest BCUT2D eigenvalue weighted by atomic mass is 35.5. The van der Waals surface area contributed by atoms with Gasteiger partial charge < -0.3 is 5.32 Å². The van der Waals surface area contributed by atoms with Crippen LogP contribution in [0.15, 0.2) is 18.2 Å². The predicted octanol–water partition coefficient (Wildman–Crippen LogP) is 2.51. The Morgan fingerprint density at radius 3 is 2.68 bits per heavy atom. The first kappa shape index (κ1) is 14.0. The molecule has 1 N–H and O–H groups in total. The molecule has 2 aromatic rings. The molecule has 0 aliphatic carbocycles. The van der Waals surface area contributed by atoms with Gasteiger partial charge in [0.2, 0.25) is 0 Å². The van der Waals surface area contributed by atoms with E-state index < -0.39 is 0 Å². The standard InChI is InChI=1S/C13H18ClN5/c1-9-6-5-7-10(14)12(9)19-11(16-17-18-19)8-15-13(2,3)4/h5-7,15H,8H2,1-4H3. The molecule has 0 aliphatic heterocycles. The van der Waals surface area contributed by atoms with Gasteiger partial charge in [0.15, 0.2) is 5.82 Å². The maximum Gasteiger partial charge on any atom is 0.170 e. The summed E-state index contributed by atoms with van der Waals surface area (Å²) >= 11 is 6.25. The van der Waals surface area contributed by atoms with Crippen molar-refractivity contribution in [2.45, 2.75) is 39.8 Å². The molecule has 0 aliphatic rings. The van der Waals surface area contributed by atoms with Crippen molar-refractivity contribution in [1.29, 1.82) is 0 Å². The minimum absolute atomic E-state index is 0.00626. The van der Waals surface area contributed by atoms with Crippen LogP contribution < -0.4 is 5.32 Å². The molecule has 102 valence electrons. The van der Waals surface area contributed by atoms with E-state index in [4.69, 9.17) is 11.6 Å². The number of aryl methyl sites for hydroxylation is 1. The molecule has 1 aromatic heterocycles. The van der Waals surface area contributed by atoms with Crippen LogP contribution in [-0.4, -0.2) is 25.7 Å². The SMILES string of the molecule is Cc1cccc(Cl)c1-n1nnnc1CNC(C)(C)C. The van der Waals surface area contributed by atoms with Crippen LogP contribution in [-0.2, 0) is 6.54 Å². The van der Waals surface area contributed by atoms with Crippen molar-refractivity contribution in [2.75, 3.05) is 0 Å². The van der Waals surface area contributed by atoms with Gasteiger partial charge in [-0.25, -0.2) is 0 Å². The van der Waals surface area contributed by atoms with Crippen LogP contribution in [0.5, 0.6) is 0 Å². The lowest BCUT2D eigenvalue weighted by molar-refractivity contribution is 0.415. The number of rotatable bonds is 3. The van der Waals surface area contributed by atoms with E-state index in [2.05, 4.69) is 41.6 Å². The molecule has 0 saturated carbocycles. The molecule has 1 heterocycles. The van der Waals surface area contributed by atoms with E-state index in [1.807, 2.05) is 25.1 Å². The van der Waals surface area contributed by atoms with E-state index in [1.165, 1.54) is 0 Å². The molecule has 19 heavy (non-hydrogen) atoms. The second kappa shape index (κ2) is 5.27. The van der Waals surface area contributed by atoms with Crippen LogP contribution in [0, 0.1) is 6.92 Å². The molecule has 1 aromatic carbocycles. The third-order valence-corrected chi connectivity index (χ3v) is 3.02. The average Bonchev–Trinajstić information content (AvgIpc) is 2.73. The maximum atomic E-state index is 6.25. The minimum Gasteiger partial charge on any atom is -0.305 e. The molecule has 2 rings (SSSR count). The zero-order valence-corrected chi connectivity index (χ0v) is 12.4. The van der Waals surface area contributed by atoms with Gasteiger partial charge in [-0.3, -0.25) is 0 Å². The van der Waals surface area contributed by atoms with Gasteiger partial charge in [0.05, 0.1) is 17.3 Å². The summed E-state index contributed by atoms with van der Waals surface area (Å²) in [6.45, 7) is 8.87. The van der Waals surface area contributed by atoms with Crippen LogP contribution in [0.3, 0.4) is 0 Å². The summed E-state index contributed by atoms with van der Waals surface area (Å²) in [6, 6.07) is 5.75. The molecule has 0 unspecified atom stereocenters. The fraction of sp³-hybridized carbons (Fsp3) is 0.462. The molecule has 6 heteroatoms. The Labute approximate surface area is 118 Å². The molecule has 0 atom stereocenters. The lowest BCUT2D eigenvalue weighted by atomic mass is 10.1. The number of benzene rings is 1. The maximum absolute atomic E-state index is 6.25. The number of tetrazole rings is 1. The summed E-state index contributed by atoms with van der Waals surface area (Å²) in [4.78, 5) is 0. The van der Waals surface area contributed by atoms with E-state index in [-0.39, 0.29) is 5.54 Å². The molecular formula is C13H18ClN5. The van der Waals surface area contributed by atoms with Gasteiger partial charge in [0.1, 0.15) is 0 Å². The molecular weight excluding hydrogens is 262 g/mol. The lowest BCUT2D eigenvalue weighted by Crippen LogP contribution is -2.36. The molecule has 0 saturated heterocycles. The minimum atomic E-state index is 0.00626. The Morgan fingerprint density at radius 2 is 2.05 bits per heavy atom. The highest BCUT2D eigenvalue weighted by Gasteiger charge is 2.16. The summed E-state index contributed by atoms with van der Waals surface area (Å²) in [5.74, 6) is 0.742. The number of aromatic nitrogens is 4. The van der Waals surface area contributed by atoms with Crippen LogP contribution in [0.4, 0.5) is 0 Å². The lowest BCUT2D eigenvalue weighted by Gasteiger charge is -2.20. The van der Waals surface area contributed by atoms with Gasteiger partial charge in [-0.15, -0.1) is 5.10 Å². The van der Waals surface area contributed by atoms with E-state index in [0.717, 1.165) is 17.1 Å². The van der Waals surface area contributed by atoms with Crippen LogP contribution >= 0.6 is 11.6 Å². The van der Waals surface area contributed by atoms with Crippen LogP contribution in [0.25, 0.3) is 5.69 Å². The first-order valence-electron chi connectivity index (χ1n) is 6.16. The topological polar surface area (TPSA) is 55.6 Å². The largest absolute Gasteiger partial charge is 0.305 e. The predicted molar refractivity (Wildman–Crippen MR) is 75.5 cm³/mol. The zero-order valence-electron chi connectivity index (χ0n) is 11.6. The molecule has 5 nitrogen and oxygen atoms in total. The second-order valence-electron chi connectivity index (χ2n) is 5.52. The summed E-state index contributed by atoms with van der Waals surface area (Å²) in [6.07, 6.45) is 0. The first-order valence-corrected chi connectivity index (χ1v) is 6.54. The Balaban J connectivity index is 2.34. The number of nitrogens with one attached hydrogen (secondary N) is 1. The smallest absolute Gasteiger partial charge is 0.170 e. The quantitative estimate of drug-likeness (QED) is 0.938. The Bertz CT molecular complexity index is 550. The molecule has 0 spiro atoms. The monoisotopic (exact) mass is 279 g/mol. The van der Waals surface area contributed by atoms with Crippen molar-refractivity contribution in [1.82, 2.24) is 25.5 Å². The van der Waals surface area contributed by atoms with Gasteiger partial charge >= 0.3 is 0 Å². The van der Waals surface area contributed by atoms with Crippen molar-refractivity contribution in [3.05, 3.63) is 34.6 Å². The van der Waals surface area contributed by atoms with E-state index >= 15 is 0 Å². The molecule has 0 amide bonds. The van der Waals surface area contributed by atoms with Gasteiger partial charge in [-0.05, 0) is 49.8 Å². The molecule has 0 fully saturated rings. The van der Waals surface area contributed by atoms with Crippen molar-refractivity contribution >= 4 is 11.6 Å². The van der Waals surface area contributed by atoms with E-state index in [1.54, 1.807) is 4.68 Å². The third-order valence-electron chi connectivity index (χ3n) is 2.71. The van der Waals surface area contributed by atoms with E-state index in [9.17, 15) is 0 Å². The van der Waals surface area contributed by atoms with Gasteiger partial charge in [0, 0.05) is 5.54 Å². The molecule has 0 bridgehead atoms. The zero-order chi connectivity index (χ0) is 14.0. The summed E-state index contributed by atoms with van der Waals surface area (Å²) in [5.41, 5.74) is 1.88. The summed E-state index contributed by atoms with van der Waals surface area (Å²) in [5, 5.41) is 15.9. The Hall–Kier alpha value is -1.46. The fourth-order valence-corrected chi connectivity index (χ4v) is 2.03.